The van der Waals surface area contributed by atoms with Gasteiger partial charge < -0.3 is 19.9 Å². The fourth-order valence-electron chi connectivity index (χ4n) is 2.31. The first kappa shape index (κ1) is 21.9. The van der Waals surface area contributed by atoms with Crippen molar-refractivity contribution in [3.8, 4) is 0 Å². The normalized spacial score (nSPS) is 12.7. The van der Waals surface area contributed by atoms with Crippen molar-refractivity contribution in [2.45, 2.75) is 45.4 Å². The smallest absolute Gasteiger partial charge is 0.408 e. The lowest BCUT2D eigenvalue weighted by atomic mass is 10.2. The number of hydrogen-bond donors (Lipinski definition) is 2. The van der Waals surface area contributed by atoms with E-state index in [2.05, 4.69) is 15.3 Å². The Morgan fingerprint density at radius 3 is 2.48 bits per heavy atom. The van der Waals surface area contributed by atoms with E-state index in [0.29, 0.717) is 5.69 Å². The number of nitrogens with one attached hydrogen (secondary N) is 1. The lowest BCUT2D eigenvalue weighted by Gasteiger charge is -2.24. The molecule has 1 atom stereocenters. The number of carbonyl (C=O) groups is 2. The van der Waals surface area contributed by atoms with Crippen molar-refractivity contribution in [1.29, 1.82) is 0 Å². The van der Waals surface area contributed by atoms with Crippen LogP contribution >= 0.6 is 0 Å². The van der Waals surface area contributed by atoms with Crippen LogP contribution in [0.2, 0.25) is 0 Å². The van der Waals surface area contributed by atoms with Crippen molar-refractivity contribution in [3.05, 3.63) is 60.4 Å². The SMILES string of the molecule is CC(C)(C)OC(=O)N[C@H](CC(=O)O)C(=Nc1cccnc1)OCc1ccccc1. The van der Waals surface area contributed by atoms with Crippen LogP contribution in [0.5, 0.6) is 0 Å². The van der Waals surface area contributed by atoms with Crippen LogP contribution in [0, 0.1) is 0 Å². The maximum absolute atomic E-state index is 12.2. The number of benzene rings is 1. The topological polar surface area (TPSA) is 110 Å². The van der Waals surface area contributed by atoms with Gasteiger partial charge in [0.2, 0.25) is 5.90 Å². The summed E-state index contributed by atoms with van der Waals surface area (Å²) in [7, 11) is 0. The maximum atomic E-state index is 12.2. The van der Waals surface area contributed by atoms with Gasteiger partial charge in [-0.25, -0.2) is 9.79 Å². The van der Waals surface area contributed by atoms with Crippen LogP contribution in [0.1, 0.15) is 32.8 Å². The largest absolute Gasteiger partial charge is 0.481 e. The Morgan fingerprint density at radius 1 is 1.17 bits per heavy atom. The molecule has 0 saturated carbocycles. The van der Waals surface area contributed by atoms with Gasteiger partial charge in [0.15, 0.2) is 0 Å². The first-order chi connectivity index (χ1) is 13.7. The number of carboxylic acids is 1. The summed E-state index contributed by atoms with van der Waals surface area (Å²) < 4.78 is 11.1. The molecule has 8 nitrogen and oxygen atoms in total. The fourth-order valence-corrected chi connectivity index (χ4v) is 2.31. The quantitative estimate of drug-likeness (QED) is 0.543. The molecule has 0 aliphatic heterocycles. The predicted octanol–water partition coefficient (Wildman–Crippen LogP) is 3.70. The highest BCUT2D eigenvalue weighted by Crippen LogP contribution is 2.14. The summed E-state index contributed by atoms with van der Waals surface area (Å²) in [4.78, 5) is 32.0. The van der Waals surface area contributed by atoms with Crippen LogP contribution < -0.4 is 5.32 Å². The molecule has 0 bridgehead atoms. The lowest BCUT2D eigenvalue weighted by Crippen LogP contribution is -2.45. The number of aromatic nitrogens is 1. The number of aliphatic carboxylic acids is 1. The Hall–Kier alpha value is -3.42. The minimum absolute atomic E-state index is 0.0510. The van der Waals surface area contributed by atoms with E-state index in [1.54, 1.807) is 39.1 Å². The Balaban J connectivity index is 2.28. The highest BCUT2D eigenvalue weighted by atomic mass is 16.6. The number of carbonyl (C=O) groups excluding carboxylic acids is 1. The Morgan fingerprint density at radius 2 is 1.90 bits per heavy atom. The van der Waals surface area contributed by atoms with Crippen LogP contribution in [0.25, 0.3) is 0 Å². The molecule has 0 aliphatic rings. The van der Waals surface area contributed by atoms with Gasteiger partial charge in [-0.15, -0.1) is 0 Å². The molecule has 29 heavy (non-hydrogen) atoms. The standard InChI is InChI=1S/C21H25N3O5/c1-21(2,3)29-20(27)24-17(12-18(25)26)19(23-16-10-7-11-22-13-16)28-14-15-8-5-4-6-9-15/h4-11,13,17H,12,14H2,1-3H3,(H,24,27)(H,25,26)/t17-/m1/s1. The second kappa shape index (κ2) is 10.2. The molecule has 0 spiro atoms. The molecule has 2 N–H and O–H groups in total. The van der Waals surface area contributed by atoms with Crippen LogP contribution in [-0.2, 0) is 20.9 Å². The molecule has 154 valence electrons. The van der Waals surface area contributed by atoms with Crippen molar-refractivity contribution < 1.29 is 24.2 Å². The highest BCUT2D eigenvalue weighted by molar-refractivity contribution is 5.90. The van der Waals surface area contributed by atoms with Crippen molar-refractivity contribution in [3.63, 3.8) is 0 Å². The summed E-state index contributed by atoms with van der Waals surface area (Å²) in [6.07, 6.45) is 1.92. The number of alkyl carbamates (subject to hydrolysis) is 1. The Labute approximate surface area is 169 Å². The predicted molar refractivity (Wildman–Crippen MR) is 108 cm³/mol. The third kappa shape index (κ3) is 8.42. The van der Waals surface area contributed by atoms with E-state index in [0.717, 1.165) is 5.56 Å². The van der Waals surface area contributed by atoms with Crippen LogP contribution in [0.4, 0.5) is 10.5 Å². The molecule has 0 saturated heterocycles. The van der Waals surface area contributed by atoms with Gasteiger partial charge in [0.1, 0.15) is 18.2 Å². The van der Waals surface area contributed by atoms with E-state index in [9.17, 15) is 14.7 Å². The van der Waals surface area contributed by atoms with Gasteiger partial charge in [-0.2, -0.15) is 0 Å². The van der Waals surface area contributed by atoms with E-state index in [1.165, 1.54) is 6.20 Å². The summed E-state index contributed by atoms with van der Waals surface area (Å²) in [6.45, 7) is 5.31. The van der Waals surface area contributed by atoms with Gasteiger partial charge in [-0.1, -0.05) is 30.3 Å². The molecule has 1 aromatic carbocycles. The third-order valence-electron chi connectivity index (χ3n) is 3.48. The lowest BCUT2D eigenvalue weighted by molar-refractivity contribution is -0.137. The number of rotatable bonds is 7. The van der Waals surface area contributed by atoms with E-state index in [4.69, 9.17) is 9.47 Å². The molecule has 1 aromatic heterocycles. The molecule has 1 heterocycles. The number of aliphatic imine (C=N–C) groups is 1. The number of nitrogens with zero attached hydrogens (tertiary/aromatic N) is 2. The Bertz CT molecular complexity index is 832. The molecule has 0 aliphatic carbocycles. The third-order valence-corrected chi connectivity index (χ3v) is 3.48. The summed E-state index contributed by atoms with van der Waals surface area (Å²) in [6, 6.07) is 11.7. The Kier molecular flexibility index (Phi) is 7.70. The van der Waals surface area contributed by atoms with Crippen molar-refractivity contribution in [2.24, 2.45) is 4.99 Å². The van der Waals surface area contributed by atoms with Crippen molar-refractivity contribution in [1.82, 2.24) is 10.3 Å². The summed E-state index contributed by atoms with van der Waals surface area (Å²) in [5, 5.41) is 11.9. The zero-order valence-electron chi connectivity index (χ0n) is 16.7. The highest BCUT2D eigenvalue weighted by Gasteiger charge is 2.26. The zero-order chi connectivity index (χ0) is 21.3. The minimum Gasteiger partial charge on any atom is -0.481 e. The average molecular weight is 399 g/mol. The fraction of sp³-hybridized carbons (Fsp3) is 0.333. The second-order valence-electron chi connectivity index (χ2n) is 7.23. The van der Waals surface area contributed by atoms with Gasteiger partial charge in [-0.05, 0) is 38.5 Å². The summed E-state index contributed by atoms with van der Waals surface area (Å²) in [5.74, 6) is -1.07. The number of ether oxygens (including phenoxy) is 2. The zero-order valence-corrected chi connectivity index (χ0v) is 16.7. The molecule has 8 heteroatoms. The van der Waals surface area contributed by atoms with Gasteiger partial charge >= 0.3 is 12.1 Å². The molecule has 0 unspecified atom stereocenters. The molecular formula is C21H25N3O5. The average Bonchev–Trinajstić information content (AvgIpc) is 2.64. The molecular weight excluding hydrogens is 374 g/mol. The van der Waals surface area contributed by atoms with E-state index < -0.39 is 30.1 Å². The first-order valence-electron chi connectivity index (χ1n) is 9.09. The number of carboxylic acid groups (broad SMARTS) is 1. The number of hydrogen-bond acceptors (Lipinski definition) is 6. The first-order valence-corrected chi connectivity index (χ1v) is 9.09. The molecule has 1 amide bonds. The van der Waals surface area contributed by atoms with Crippen LogP contribution in [0.15, 0.2) is 59.9 Å². The van der Waals surface area contributed by atoms with Gasteiger partial charge in [0.05, 0.1) is 18.3 Å². The van der Waals surface area contributed by atoms with Crippen LogP contribution in [0.3, 0.4) is 0 Å². The minimum atomic E-state index is -1.12. The van der Waals surface area contributed by atoms with E-state index in [1.807, 2.05) is 30.3 Å². The molecule has 2 rings (SSSR count). The van der Waals surface area contributed by atoms with Gasteiger partial charge in [0.25, 0.3) is 0 Å². The maximum Gasteiger partial charge on any atom is 0.408 e. The summed E-state index contributed by atoms with van der Waals surface area (Å²) >= 11 is 0. The molecule has 2 aromatic rings. The van der Waals surface area contributed by atoms with Crippen LogP contribution in [-0.4, -0.2) is 39.7 Å². The number of pyridine rings is 1. The second-order valence-corrected chi connectivity index (χ2v) is 7.23. The van der Waals surface area contributed by atoms with E-state index >= 15 is 0 Å². The van der Waals surface area contributed by atoms with E-state index in [-0.39, 0.29) is 12.5 Å². The van der Waals surface area contributed by atoms with Gasteiger partial charge in [0, 0.05) is 6.20 Å². The van der Waals surface area contributed by atoms with Crippen molar-refractivity contribution >= 4 is 23.6 Å². The van der Waals surface area contributed by atoms with Crippen molar-refractivity contribution in [2.75, 3.05) is 0 Å². The van der Waals surface area contributed by atoms with Gasteiger partial charge in [-0.3, -0.25) is 9.78 Å². The molecule has 0 fully saturated rings. The molecule has 0 radical (unpaired) electrons. The monoisotopic (exact) mass is 399 g/mol. The summed E-state index contributed by atoms with van der Waals surface area (Å²) in [5.41, 5.74) is 0.610. The number of amides is 1.